The fourth-order valence-corrected chi connectivity index (χ4v) is 3.81. The minimum Gasteiger partial charge on any atom is -0.494 e. The van der Waals surface area contributed by atoms with Crippen molar-refractivity contribution in [1.82, 2.24) is 0 Å². The van der Waals surface area contributed by atoms with Gasteiger partial charge in [0.2, 0.25) is 0 Å². The van der Waals surface area contributed by atoms with E-state index >= 15 is 0 Å². The normalized spacial score (nSPS) is 10.4. The van der Waals surface area contributed by atoms with Gasteiger partial charge in [-0.05, 0) is 79.7 Å². The van der Waals surface area contributed by atoms with Crippen LogP contribution < -0.4 is 20.7 Å². The SMILES string of the molecule is CCOc1ccc(NC(=O)c2ccc(NC(=O)c3ccc(NC(=O)c4ccco4)s3)cc2)cc1. The summed E-state index contributed by atoms with van der Waals surface area (Å²) in [5.74, 6) is -0.0605. The summed E-state index contributed by atoms with van der Waals surface area (Å²) >= 11 is 1.14. The number of hydrogen-bond donors (Lipinski definition) is 3. The molecule has 2 aromatic heterocycles. The first-order chi connectivity index (χ1) is 16.5. The summed E-state index contributed by atoms with van der Waals surface area (Å²) in [6, 6.07) is 20.1. The molecule has 2 heterocycles. The molecule has 0 aliphatic carbocycles. The van der Waals surface area contributed by atoms with Crippen LogP contribution in [-0.4, -0.2) is 24.3 Å². The predicted octanol–water partition coefficient (Wildman–Crippen LogP) is 5.50. The zero-order valence-electron chi connectivity index (χ0n) is 18.2. The molecule has 34 heavy (non-hydrogen) atoms. The van der Waals surface area contributed by atoms with Crippen molar-refractivity contribution in [1.29, 1.82) is 0 Å². The van der Waals surface area contributed by atoms with Gasteiger partial charge in [0.25, 0.3) is 17.7 Å². The maximum atomic E-state index is 12.6. The molecule has 2 aromatic carbocycles. The van der Waals surface area contributed by atoms with Crippen LogP contribution in [0.1, 0.15) is 37.5 Å². The van der Waals surface area contributed by atoms with Gasteiger partial charge in [0.15, 0.2) is 5.76 Å². The van der Waals surface area contributed by atoms with Gasteiger partial charge in [0, 0.05) is 16.9 Å². The minimum absolute atomic E-state index is 0.186. The third-order valence-corrected chi connectivity index (χ3v) is 5.64. The second-order valence-corrected chi connectivity index (χ2v) is 8.12. The van der Waals surface area contributed by atoms with Crippen LogP contribution >= 0.6 is 11.3 Å². The van der Waals surface area contributed by atoms with Gasteiger partial charge in [-0.3, -0.25) is 14.4 Å². The quantitative estimate of drug-likeness (QED) is 0.312. The molecule has 9 heteroatoms. The van der Waals surface area contributed by atoms with Gasteiger partial charge >= 0.3 is 0 Å². The highest BCUT2D eigenvalue weighted by Gasteiger charge is 2.14. The van der Waals surface area contributed by atoms with Gasteiger partial charge in [-0.25, -0.2) is 0 Å². The Morgan fingerprint density at radius 3 is 2.12 bits per heavy atom. The maximum absolute atomic E-state index is 12.6. The molecule has 0 aliphatic rings. The van der Waals surface area contributed by atoms with E-state index in [1.807, 2.05) is 6.92 Å². The lowest BCUT2D eigenvalue weighted by Crippen LogP contribution is -2.13. The highest BCUT2D eigenvalue weighted by molar-refractivity contribution is 7.18. The number of thiophene rings is 1. The van der Waals surface area contributed by atoms with Crippen LogP contribution in [0.4, 0.5) is 16.4 Å². The van der Waals surface area contributed by atoms with Crippen LogP contribution in [-0.2, 0) is 0 Å². The van der Waals surface area contributed by atoms with Gasteiger partial charge in [-0.2, -0.15) is 0 Å². The van der Waals surface area contributed by atoms with Gasteiger partial charge < -0.3 is 25.1 Å². The number of hydrogen-bond acceptors (Lipinski definition) is 6. The number of furan rings is 1. The monoisotopic (exact) mass is 475 g/mol. The number of anilines is 3. The first kappa shape index (κ1) is 22.8. The third kappa shape index (κ3) is 5.70. The van der Waals surface area contributed by atoms with E-state index in [2.05, 4.69) is 16.0 Å². The molecule has 8 nitrogen and oxygen atoms in total. The van der Waals surface area contributed by atoms with E-state index < -0.39 is 5.91 Å². The zero-order valence-corrected chi connectivity index (χ0v) is 19.0. The Morgan fingerprint density at radius 2 is 1.47 bits per heavy atom. The summed E-state index contributed by atoms with van der Waals surface area (Å²) in [4.78, 5) is 37.5. The Balaban J connectivity index is 1.32. The van der Waals surface area contributed by atoms with Crippen LogP contribution in [0, 0.1) is 0 Å². The van der Waals surface area contributed by atoms with Crippen molar-refractivity contribution in [3.63, 3.8) is 0 Å². The molecular formula is C25H21N3O5S. The molecule has 0 bridgehead atoms. The molecule has 4 rings (SSSR count). The van der Waals surface area contributed by atoms with E-state index in [1.165, 1.54) is 6.26 Å². The lowest BCUT2D eigenvalue weighted by atomic mass is 10.2. The lowest BCUT2D eigenvalue weighted by molar-refractivity contribution is 0.0993. The lowest BCUT2D eigenvalue weighted by Gasteiger charge is -2.08. The number of amides is 3. The van der Waals surface area contributed by atoms with Crippen LogP contribution in [0.2, 0.25) is 0 Å². The Hall–Kier alpha value is -4.37. The van der Waals surface area contributed by atoms with Crippen molar-refractivity contribution in [3.8, 4) is 5.75 Å². The Morgan fingerprint density at radius 1 is 0.794 bits per heavy atom. The standard InChI is InChI=1S/C25H21N3O5S/c1-2-32-19-11-9-18(10-12-19)26-23(29)16-5-7-17(8-6-16)27-25(31)21-13-14-22(34-21)28-24(30)20-4-3-15-33-20/h3-15H,2H2,1H3,(H,26,29)(H,27,31)(H,28,30). The third-order valence-electron chi connectivity index (χ3n) is 4.64. The summed E-state index contributed by atoms with van der Waals surface area (Å²) in [6.45, 7) is 2.48. The average molecular weight is 476 g/mol. The molecule has 0 radical (unpaired) electrons. The van der Waals surface area contributed by atoms with Crippen molar-refractivity contribution in [3.05, 3.63) is 95.3 Å². The fourth-order valence-electron chi connectivity index (χ4n) is 3.01. The number of benzene rings is 2. The van der Waals surface area contributed by atoms with Gasteiger partial charge in [0.1, 0.15) is 5.75 Å². The predicted molar refractivity (Wildman–Crippen MR) is 131 cm³/mol. The number of carbonyl (C=O) groups is 3. The van der Waals surface area contributed by atoms with Crippen molar-refractivity contribution in [2.24, 2.45) is 0 Å². The molecule has 0 fully saturated rings. The van der Waals surface area contributed by atoms with Crippen molar-refractivity contribution >= 4 is 45.4 Å². The molecule has 3 N–H and O–H groups in total. The summed E-state index contributed by atoms with van der Waals surface area (Å²) in [6.07, 6.45) is 1.41. The molecule has 0 spiro atoms. The van der Waals surface area contributed by atoms with Crippen LogP contribution in [0.5, 0.6) is 5.75 Å². The van der Waals surface area contributed by atoms with Gasteiger partial charge in [-0.1, -0.05) is 0 Å². The van der Waals surface area contributed by atoms with E-state index in [9.17, 15) is 14.4 Å². The van der Waals surface area contributed by atoms with E-state index in [0.29, 0.717) is 33.4 Å². The number of nitrogens with one attached hydrogen (secondary N) is 3. The smallest absolute Gasteiger partial charge is 0.291 e. The molecular weight excluding hydrogens is 454 g/mol. The topological polar surface area (TPSA) is 110 Å². The first-order valence-electron chi connectivity index (χ1n) is 10.4. The fraction of sp³-hybridized carbons (Fsp3) is 0.0800. The van der Waals surface area contributed by atoms with Crippen molar-refractivity contribution in [2.75, 3.05) is 22.6 Å². The van der Waals surface area contributed by atoms with Crippen LogP contribution in [0.25, 0.3) is 0 Å². The molecule has 0 aliphatic heterocycles. The molecule has 0 atom stereocenters. The zero-order chi connectivity index (χ0) is 23.9. The molecule has 4 aromatic rings. The summed E-state index contributed by atoms with van der Waals surface area (Å²) in [7, 11) is 0. The second kappa shape index (κ2) is 10.5. The minimum atomic E-state index is -0.391. The van der Waals surface area contributed by atoms with E-state index in [1.54, 1.807) is 72.8 Å². The molecule has 0 saturated heterocycles. The van der Waals surface area contributed by atoms with E-state index in [-0.39, 0.29) is 17.6 Å². The van der Waals surface area contributed by atoms with Crippen LogP contribution in [0.15, 0.2) is 83.5 Å². The molecule has 172 valence electrons. The highest BCUT2D eigenvalue weighted by Crippen LogP contribution is 2.24. The van der Waals surface area contributed by atoms with Crippen molar-refractivity contribution in [2.45, 2.75) is 6.92 Å². The Bertz CT molecular complexity index is 1280. The maximum Gasteiger partial charge on any atom is 0.291 e. The number of carbonyl (C=O) groups excluding carboxylic acids is 3. The highest BCUT2D eigenvalue weighted by atomic mass is 32.1. The Labute approximate surface area is 199 Å². The first-order valence-corrected chi connectivity index (χ1v) is 11.2. The van der Waals surface area contributed by atoms with Crippen molar-refractivity contribution < 1.29 is 23.5 Å². The second-order valence-electron chi connectivity index (χ2n) is 7.04. The largest absolute Gasteiger partial charge is 0.494 e. The number of rotatable bonds is 8. The molecule has 3 amide bonds. The average Bonchev–Trinajstić information content (AvgIpc) is 3.54. The van der Waals surface area contributed by atoms with Crippen LogP contribution in [0.3, 0.4) is 0 Å². The summed E-state index contributed by atoms with van der Waals surface area (Å²) in [5.41, 5.74) is 1.64. The molecule has 0 unspecified atom stereocenters. The Kier molecular flexibility index (Phi) is 7.04. The molecule has 0 saturated carbocycles. The van der Waals surface area contributed by atoms with Gasteiger partial charge in [0.05, 0.1) is 22.7 Å². The van der Waals surface area contributed by atoms with Gasteiger partial charge in [-0.15, -0.1) is 11.3 Å². The van der Waals surface area contributed by atoms with E-state index in [4.69, 9.17) is 9.15 Å². The van der Waals surface area contributed by atoms with E-state index in [0.717, 1.165) is 17.1 Å². The summed E-state index contributed by atoms with van der Waals surface area (Å²) < 4.78 is 10.4. The summed E-state index contributed by atoms with van der Waals surface area (Å²) in [5, 5.41) is 8.81. The number of ether oxygens (including phenoxy) is 1.